The molecule has 1 aromatic heterocycles. The summed E-state index contributed by atoms with van der Waals surface area (Å²) in [6, 6.07) is 17.1. The lowest BCUT2D eigenvalue weighted by Crippen LogP contribution is -2.24. The van der Waals surface area contributed by atoms with E-state index in [1.54, 1.807) is 66.9 Å². The smallest absolute Gasteiger partial charge is 0.251 e. The number of rotatable bonds is 9. The number of carbonyl (C=O) groups excluding carboxylic acids is 3. The van der Waals surface area contributed by atoms with Crippen molar-refractivity contribution in [1.82, 2.24) is 10.6 Å². The summed E-state index contributed by atoms with van der Waals surface area (Å²) in [5, 5.41) is 11.2. The van der Waals surface area contributed by atoms with E-state index in [1.165, 1.54) is 0 Å². The number of amides is 3. The summed E-state index contributed by atoms with van der Waals surface area (Å²) in [6.07, 6.45) is 1.55. The van der Waals surface area contributed by atoms with Crippen molar-refractivity contribution in [2.45, 2.75) is 13.5 Å². The lowest BCUT2D eigenvalue weighted by molar-refractivity contribution is -0.114. The summed E-state index contributed by atoms with van der Waals surface area (Å²) >= 11 is 0. The Morgan fingerprint density at radius 1 is 0.839 bits per heavy atom. The number of benzene rings is 2. The second-order valence-electron chi connectivity index (χ2n) is 6.68. The summed E-state index contributed by atoms with van der Waals surface area (Å²) in [7, 11) is 0. The highest BCUT2D eigenvalue weighted by Crippen LogP contribution is 2.13. The quantitative estimate of drug-likeness (QED) is 0.425. The molecule has 0 aliphatic carbocycles. The highest BCUT2D eigenvalue weighted by atomic mass is 16.3. The molecule has 8 heteroatoms. The molecule has 1 heterocycles. The van der Waals surface area contributed by atoms with Gasteiger partial charge in [-0.2, -0.15) is 0 Å². The molecule has 0 fully saturated rings. The Hall–Kier alpha value is -4.07. The number of anilines is 2. The first-order chi connectivity index (χ1) is 15.0. The molecule has 0 spiro atoms. The summed E-state index contributed by atoms with van der Waals surface area (Å²) in [5.41, 5.74) is 2.10. The molecule has 8 nitrogen and oxygen atoms in total. The van der Waals surface area contributed by atoms with E-state index in [-0.39, 0.29) is 24.3 Å². The first kappa shape index (κ1) is 21.6. The molecule has 3 aromatic rings. The van der Waals surface area contributed by atoms with Crippen LogP contribution in [0.25, 0.3) is 0 Å². The third kappa shape index (κ3) is 6.46. The van der Waals surface area contributed by atoms with E-state index in [0.29, 0.717) is 41.4 Å². The van der Waals surface area contributed by atoms with Crippen molar-refractivity contribution in [2.24, 2.45) is 0 Å². The molecule has 0 unspecified atom stereocenters. The van der Waals surface area contributed by atoms with E-state index in [9.17, 15) is 14.4 Å². The van der Waals surface area contributed by atoms with Gasteiger partial charge < -0.3 is 25.7 Å². The van der Waals surface area contributed by atoms with Crippen LogP contribution in [0, 0.1) is 0 Å². The molecule has 0 atom stereocenters. The minimum Gasteiger partial charge on any atom is -0.467 e. The van der Waals surface area contributed by atoms with Crippen molar-refractivity contribution < 1.29 is 18.8 Å². The van der Waals surface area contributed by atoms with Crippen LogP contribution in [0.3, 0.4) is 0 Å². The van der Waals surface area contributed by atoms with Gasteiger partial charge in [0.25, 0.3) is 11.8 Å². The predicted molar refractivity (Wildman–Crippen MR) is 118 cm³/mol. The topological polar surface area (TPSA) is 112 Å². The van der Waals surface area contributed by atoms with Crippen LogP contribution in [-0.4, -0.2) is 30.8 Å². The Morgan fingerprint density at radius 3 is 2.19 bits per heavy atom. The molecule has 0 aliphatic rings. The van der Waals surface area contributed by atoms with Crippen molar-refractivity contribution in [2.75, 3.05) is 23.7 Å². The fourth-order valence-corrected chi connectivity index (χ4v) is 2.84. The zero-order valence-electron chi connectivity index (χ0n) is 17.1. The molecular formula is C23H24N4O4. The van der Waals surface area contributed by atoms with Gasteiger partial charge >= 0.3 is 0 Å². The second-order valence-corrected chi connectivity index (χ2v) is 6.68. The van der Waals surface area contributed by atoms with Crippen molar-refractivity contribution in [3.05, 3.63) is 83.8 Å². The Balaban J connectivity index is 1.52. The fourth-order valence-electron chi connectivity index (χ4n) is 2.84. The van der Waals surface area contributed by atoms with Gasteiger partial charge in [-0.25, -0.2) is 0 Å². The van der Waals surface area contributed by atoms with Gasteiger partial charge in [-0.1, -0.05) is 12.1 Å². The van der Waals surface area contributed by atoms with Crippen molar-refractivity contribution in [3.63, 3.8) is 0 Å². The average Bonchev–Trinajstić information content (AvgIpc) is 3.30. The summed E-state index contributed by atoms with van der Waals surface area (Å²) in [4.78, 5) is 36.5. The summed E-state index contributed by atoms with van der Waals surface area (Å²) in [6.45, 7) is 2.66. The van der Waals surface area contributed by atoms with Crippen LogP contribution in [0.15, 0.2) is 71.3 Å². The lowest BCUT2D eigenvalue weighted by Gasteiger charge is -2.10. The molecule has 0 saturated carbocycles. The van der Waals surface area contributed by atoms with Crippen LogP contribution < -0.4 is 21.3 Å². The van der Waals surface area contributed by atoms with Gasteiger partial charge in [0.1, 0.15) is 5.76 Å². The number of hydrogen-bond donors (Lipinski definition) is 4. The lowest BCUT2D eigenvalue weighted by atomic mass is 10.2. The van der Waals surface area contributed by atoms with E-state index < -0.39 is 0 Å². The highest BCUT2D eigenvalue weighted by molar-refractivity contribution is 5.98. The Morgan fingerprint density at radius 2 is 1.52 bits per heavy atom. The minimum atomic E-state index is -0.277. The fraction of sp³-hybridized carbons (Fsp3) is 0.174. The molecular weight excluding hydrogens is 396 g/mol. The molecule has 2 aromatic carbocycles. The molecule has 0 aliphatic heterocycles. The molecule has 3 rings (SSSR count). The first-order valence-corrected chi connectivity index (χ1v) is 9.88. The maximum Gasteiger partial charge on any atom is 0.251 e. The maximum absolute atomic E-state index is 12.3. The Bertz CT molecular complexity index is 1050. The number of hydrogen-bond acceptors (Lipinski definition) is 5. The van der Waals surface area contributed by atoms with E-state index in [0.717, 1.165) is 0 Å². The van der Waals surface area contributed by atoms with Crippen molar-refractivity contribution in [1.29, 1.82) is 0 Å². The zero-order chi connectivity index (χ0) is 22.1. The SMILES string of the molecule is CCNC(=O)c1cccc(NC(=O)CNc2cccc(C(=O)NCc3ccco3)c2)c1. The number of furan rings is 1. The average molecular weight is 420 g/mol. The van der Waals surface area contributed by atoms with Crippen LogP contribution in [0.2, 0.25) is 0 Å². The molecule has 3 amide bonds. The first-order valence-electron chi connectivity index (χ1n) is 9.88. The van der Waals surface area contributed by atoms with Crippen LogP contribution in [0.4, 0.5) is 11.4 Å². The second kappa shape index (κ2) is 10.6. The number of carbonyl (C=O) groups is 3. The molecule has 0 radical (unpaired) electrons. The zero-order valence-corrected chi connectivity index (χ0v) is 17.1. The predicted octanol–water partition coefficient (Wildman–Crippen LogP) is 3.01. The molecule has 0 saturated heterocycles. The van der Waals surface area contributed by atoms with Crippen molar-refractivity contribution >= 4 is 29.1 Å². The van der Waals surface area contributed by atoms with Gasteiger partial charge in [-0.15, -0.1) is 0 Å². The largest absolute Gasteiger partial charge is 0.467 e. The standard InChI is InChI=1S/C23H24N4O4/c1-2-24-22(29)17-7-4-9-19(13-17)27-21(28)15-25-18-8-3-6-16(12-18)23(30)26-14-20-10-5-11-31-20/h3-13,25H,2,14-15H2,1H3,(H,24,29)(H,26,30)(H,27,28). The Labute approximate surface area is 180 Å². The monoisotopic (exact) mass is 420 g/mol. The summed E-state index contributed by atoms with van der Waals surface area (Å²) in [5.74, 6) is -0.0539. The van der Waals surface area contributed by atoms with E-state index >= 15 is 0 Å². The van der Waals surface area contributed by atoms with Crippen molar-refractivity contribution in [3.8, 4) is 0 Å². The van der Waals surface area contributed by atoms with Gasteiger partial charge in [0.15, 0.2) is 0 Å². The van der Waals surface area contributed by atoms with Gasteiger partial charge in [0, 0.05) is 29.0 Å². The summed E-state index contributed by atoms with van der Waals surface area (Å²) < 4.78 is 5.20. The third-order valence-electron chi connectivity index (χ3n) is 4.33. The Kier molecular flexibility index (Phi) is 7.42. The normalized spacial score (nSPS) is 10.2. The number of nitrogens with one attached hydrogen (secondary N) is 4. The van der Waals surface area contributed by atoms with Gasteiger partial charge in [-0.3, -0.25) is 14.4 Å². The van der Waals surface area contributed by atoms with E-state index in [4.69, 9.17) is 4.42 Å². The maximum atomic E-state index is 12.3. The highest BCUT2D eigenvalue weighted by Gasteiger charge is 2.09. The van der Waals surface area contributed by atoms with E-state index in [2.05, 4.69) is 21.3 Å². The molecule has 0 bridgehead atoms. The van der Waals surface area contributed by atoms with Gasteiger partial charge in [-0.05, 0) is 55.5 Å². The molecule has 160 valence electrons. The van der Waals surface area contributed by atoms with Crippen LogP contribution in [-0.2, 0) is 11.3 Å². The van der Waals surface area contributed by atoms with Gasteiger partial charge in [0.05, 0.1) is 19.4 Å². The minimum absolute atomic E-state index is 0.00283. The third-order valence-corrected chi connectivity index (χ3v) is 4.33. The van der Waals surface area contributed by atoms with Crippen LogP contribution in [0.1, 0.15) is 33.4 Å². The van der Waals surface area contributed by atoms with Gasteiger partial charge in [0.2, 0.25) is 5.91 Å². The molecule has 31 heavy (non-hydrogen) atoms. The molecule has 4 N–H and O–H groups in total. The van der Waals surface area contributed by atoms with E-state index in [1.807, 2.05) is 6.92 Å². The van der Waals surface area contributed by atoms with Crippen LogP contribution >= 0.6 is 0 Å². The van der Waals surface area contributed by atoms with Crippen LogP contribution in [0.5, 0.6) is 0 Å².